The van der Waals surface area contributed by atoms with Crippen LogP contribution in [0.4, 0.5) is 0 Å². The fourth-order valence-corrected chi connectivity index (χ4v) is 5.51. The van der Waals surface area contributed by atoms with Crippen LogP contribution in [0.15, 0.2) is 48.5 Å². The highest BCUT2D eigenvalue weighted by molar-refractivity contribution is 6.05. The van der Waals surface area contributed by atoms with Crippen molar-refractivity contribution in [3.8, 4) is 5.75 Å². The molecule has 1 unspecified atom stereocenters. The van der Waals surface area contributed by atoms with E-state index >= 15 is 0 Å². The van der Waals surface area contributed by atoms with Gasteiger partial charge in [-0.3, -0.25) is 24.6 Å². The van der Waals surface area contributed by atoms with Gasteiger partial charge in [-0.25, -0.2) is 0 Å². The molecule has 2 heterocycles. The summed E-state index contributed by atoms with van der Waals surface area (Å²) in [5, 5.41) is 2.35. The SMILES string of the molecule is CN(Cc1ccccc1)[C@H]1CCCC[C@H]1Oc1ccc2c(c1)CN(C1CCC(=O)NC1=O)C2=O. The van der Waals surface area contributed by atoms with Gasteiger partial charge in [0.05, 0.1) is 0 Å². The molecule has 2 aromatic carbocycles. The molecule has 34 heavy (non-hydrogen) atoms. The van der Waals surface area contributed by atoms with Crippen LogP contribution in [0, 0.1) is 0 Å². The van der Waals surface area contributed by atoms with Gasteiger partial charge >= 0.3 is 0 Å². The third-order valence-corrected chi connectivity index (χ3v) is 7.29. The summed E-state index contributed by atoms with van der Waals surface area (Å²) < 4.78 is 6.51. The van der Waals surface area contributed by atoms with E-state index in [-0.39, 0.29) is 30.2 Å². The number of rotatable bonds is 6. The number of piperidine rings is 1. The van der Waals surface area contributed by atoms with Gasteiger partial charge in [0.25, 0.3) is 5.91 Å². The normalized spacial score (nSPS) is 24.8. The molecule has 3 amide bonds. The van der Waals surface area contributed by atoms with Crippen LogP contribution in [0.25, 0.3) is 0 Å². The number of carbonyl (C=O) groups excluding carboxylic acids is 3. The molecule has 1 N–H and O–H groups in total. The van der Waals surface area contributed by atoms with E-state index in [4.69, 9.17) is 4.74 Å². The zero-order chi connectivity index (χ0) is 23.7. The third kappa shape index (κ3) is 4.57. The molecule has 178 valence electrons. The van der Waals surface area contributed by atoms with Crippen LogP contribution in [0.2, 0.25) is 0 Å². The quantitative estimate of drug-likeness (QED) is 0.668. The molecule has 1 saturated heterocycles. The van der Waals surface area contributed by atoms with Gasteiger partial charge in [-0.1, -0.05) is 36.8 Å². The molecular weight excluding hydrogens is 430 g/mol. The maximum absolute atomic E-state index is 13.0. The molecular formula is C27H31N3O4. The predicted molar refractivity (Wildman–Crippen MR) is 127 cm³/mol. The Balaban J connectivity index is 1.28. The summed E-state index contributed by atoms with van der Waals surface area (Å²) in [6, 6.07) is 15.8. The summed E-state index contributed by atoms with van der Waals surface area (Å²) in [5.41, 5.74) is 2.77. The van der Waals surface area contributed by atoms with Crippen LogP contribution >= 0.6 is 0 Å². The van der Waals surface area contributed by atoms with Crippen LogP contribution < -0.4 is 10.1 Å². The highest BCUT2D eigenvalue weighted by Gasteiger charge is 2.39. The lowest BCUT2D eigenvalue weighted by Gasteiger charge is -2.38. The molecule has 2 aromatic rings. The molecule has 0 aromatic heterocycles. The average Bonchev–Trinajstić information content (AvgIpc) is 3.15. The van der Waals surface area contributed by atoms with E-state index in [0.29, 0.717) is 24.6 Å². The molecule has 1 aliphatic carbocycles. The number of nitrogens with one attached hydrogen (secondary N) is 1. The number of carbonyl (C=O) groups is 3. The van der Waals surface area contributed by atoms with Gasteiger partial charge in [-0.15, -0.1) is 0 Å². The maximum Gasteiger partial charge on any atom is 0.255 e. The Kier molecular flexibility index (Phi) is 6.37. The summed E-state index contributed by atoms with van der Waals surface area (Å²) in [7, 11) is 2.17. The first-order chi connectivity index (χ1) is 16.5. The van der Waals surface area contributed by atoms with Gasteiger partial charge in [0.15, 0.2) is 0 Å². The smallest absolute Gasteiger partial charge is 0.255 e. The van der Waals surface area contributed by atoms with E-state index in [9.17, 15) is 14.4 Å². The molecule has 7 heteroatoms. The molecule has 3 aliphatic rings. The highest BCUT2D eigenvalue weighted by Crippen LogP contribution is 2.33. The number of likely N-dealkylation sites (N-methyl/N-ethyl adjacent to an activating group) is 1. The molecule has 5 rings (SSSR count). The fraction of sp³-hybridized carbons (Fsp3) is 0.444. The van der Waals surface area contributed by atoms with Gasteiger partial charge in [-0.2, -0.15) is 0 Å². The minimum Gasteiger partial charge on any atom is -0.489 e. The second-order valence-corrected chi connectivity index (χ2v) is 9.63. The third-order valence-electron chi connectivity index (χ3n) is 7.29. The summed E-state index contributed by atoms with van der Waals surface area (Å²) in [6.07, 6.45) is 5.15. The fourth-order valence-electron chi connectivity index (χ4n) is 5.51. The van der Waals surface area contributed by atoms with Crippen molar-refractivity contribution in [2.24, 2.45) is 0 Å². The van der Waals surface area contributed by atoms with Crippen LogP contribution in [0.3, 0.4) is 0 Å². The van der Waals surface area contributed by atoms with Crippen molar-refractivity contribution in [3.05, 3.63) is 65.2 Å². The van der Waals surface area contributed by atoms with E-state index in [1.54, 1.807) is 4.90 Å². The van der Waals surface area contributed by atoms with Gasteiger partial charge in [0.1, 0.15) is 17.9 Å². The van der Waals surface area contributed by atoms with Crippen molar-refractivity contribution in [1.29, 1.82) is 0 Å². The van der Waals surface area contributed by atoms with Gasteiger partial charge in [0.2, 0.25) is 11.8 Å². The Hall–Kier alpha value is -3.19. The second-order valence-electron chi connectivity index (χ2n) is 9.63. The summed E-state index contributed by atoms with van der Waals surface area (Å²) >= 11 is 0. The zero-order valence-corrected chi connectivity index (χ0v) is 19.5. The van der Waals surface area contributed by atoms with Gasteiger partial charge in [-0.05, 0) is 62.1 Å². The highest BCUT2D eigenvalue weighted by atomic mass is 16.5. The van der Waals surface area contributed by atoms with Crippen molar-refractivity contribution in [2.45, 2.75) is 69.8 Å². The van der Waals surface area contributed by atoms with Crippen molar-refractivity contribution in [2.75, 3.05) is 7.05 Å². The summed E-state index contributed by atoms with van der Waals surface area (Å²) in [5.74, 6) is -0.0587. The average molecular weight is 462 g/mol. The number of hydrogen-bond donors (Lipinski definition) is 1. The topological polar surface area (TPSA) is 79.0 Å². The Morgan fingerprint density at radius 1 is 1.03 bits per heavy atom. The molecule has 1 saturated carbocycles. The molecule has 2 aliphatic heterocycles. The maximum atomic E-state index is 13.0. The van der Waals surface area contributed by atoms with E-state index in [1.807, 2.05) is 24.3 Å². The minimum absolute atomic E-state index is 0.0869. The molecule has 2 fully saturated rings. The Labute approximate surface area is 200 Å². The van der Waals surface area contributed by atoms with Gasteiger partial charge in [0, 0.05) is 31.1 Å². The van der Waals surface area contributed by atoms with E-state index in [0.717, 1.165) is 37.1 Å². The van der Waals surface area contributed by atoms with Crippen molar-refractivity contribution in [3.63, 3.8) is 0 Å². The summed E-state index contributed by atoms with van der Waals surface area (Å²) in [6.45, 7) is 1.24. The summed E-state index contributed by atoms with van der Waals surface area (Å²) in [4.78, 5) is 40.7. The number of imide groups is 1. The molecule has 0 bridgehead atoms. The lowest BCUT2D eigenvalue weighted by molar-refractivity contribution is -0.136. The predicted octanol–water partition coefficient (Wildman–Crippen LogP) is 3.27. The Morgan fingerprint density at radius 3 is 2.62 bits per heavy atom. The number of amides is 3. The van der Waals surface area contributed by atoms with Crippen molar-refractivity contribution < 1.29 is 19.1 Å². The van der Waals surface area contributed by atoms with Crippen LogP contribution in [0.5, 0.6) is 5.75 Å². The number of ether oxygens (including phenoxy) is 1. The molecule has 7 nitrogen and oxygen atoms in total. The number of benzene rings is 2. The molecule has 0 radical (unpaired) electrons. The Morgan fingerprint density at radius 2 is 1.82 bits per heavy atom. The van der Waals surface area contributed by atoms with E-state index < -0.39 is 6.04 Å². The lowest BCUT2D eigenvalue weighted by atomic mass is 9.91. The lowest BCUT2D eigenvalue weighted by Crippen LogP contribution is -2.52. The number of fused-ring (bicyclic) bond motifs is 1. The van der Waals surface area contributed by atoms with Crippen LogP contribution in [-0.2, 0) is 22.7 Å². The Bertz CT molecular complexity index is 1090. The number of nitrogens with zero attached hydrogens (tertiary/aromatic N) is 2. The van der Waals surface area contributed by atoms with Crippen molar-refractivity contribution >= 4 is 17.7 Å². The van der Waals surface area contributed by atoms with Gasteiger partial charge < -0.3 is 9.64 Å². The largest absolute Gasteiger partial charge is 0.489 e. The van der Waals surface area contributed by atoms with Crippen molar-refractivity contribution in [1.82, 2.24) is 15.1 Å². The number of hydrogen-bond acceptors (Lipinski definition) is 5. The minimum atomic E-state index is -0.601. The first-order valence-corrected chi connectivity index (χ1v) is 12.2. The monoisotopic (exact) mass is 461 g/mol. The molecule has 3 atom stereocenters. The van der Waals surface area contributed by atoms with E-state index in [1.165, 1.54) is 12.0 Å². The standard InChI is InChI=1S/C27H31N3O4/c1-29(16-18-7-3-2-4-8-18)22-9-5-6-10-24(22)34-20-11-12-21-19(15-20)17-30(27(21)33)23-13-14-25(31)28-26(23)32/h2-4,7-8,11-12,15,22-24H,5-6,9-10,13-14,16-17H2,1H3,(H,28,31,32)/t22-,23?,24+/m0/s1. The molecule has 0 spiro atoms. The van der Waals surface area contributed by atoms with E-state index in [2.05, 4.69) is 41.5 Å². The zero-order valence-electron chi connectivity index (χ0n) is 19.5. The first-order valence-electron chi connectivity index (χ1n) is 12.2. The second kappa shape index (κ2) is 9.58. The van der Waals surface area contributed by atoms with Crippen LogP contribution in [-0.4, -0.2) is 52.8 Å². The first kappa shape index (κ1) is 22.6. The van der Waals surface area contributed by atoms with Crippen LogP contribution in [0.1, 0.15) is 60.0 Å².